The minimum atomic E-state index is -1.86. The summed E-state index contributed by atoms with van der Waals surface area (Å²) in [4.78, 5) is 29.6. The minimum absolute atomic E-state index is 0.247. The van der Waals surface area contributed by atoms with E-state index in [9.17, 15) is 14.7 Å². The van der Waals surface area contributed by atoms with E-state index in [0.717, 1.165) is 23.9 Å². The fourth-order valence-corrected chi connectivity index (χ4v) is 4.67. The molecular weight excluding hydrogens is 392 g/mol. The fourth-order valence-electron chi connectivity index (χ4n) is 4.67. The van der Waals surface area contributed by atoms with Crippen molar-refractivity contribution in [1.29, 1.82) is 0 Å². The number of hydrogen-bond acceptors (Lipinski definition) is 4. The van der Waals surface area contributed by atoms with Crippen LogP contribution in [-0.4, -0.2) is 49.8 Å². The van der Waals surface area contributed by atoms with Crippen molar-refractivity contribution >= 4 is 28.2 Å². The molecule has 2 N–H and O–H groups in total. The number of carbonyl (C=O) groups excluding carboxylic acids is 2. The maximum atomic E-state index is 13.5. The van der Waals surface area contributed by atoms with Gasteiger partial charge < -0.3 is 14.7 Å². The van der Waals surface area contributed by atoms with Gasteiger partial charge in [0, 0.05) is 11.1 Å². The van der Waals surface area contributed by atoms with Gasteiger partial charge in [0.1, 0.15) is 13.1 Å². The third-order valence-electron chi connectivity index (χ3n) is 6.33. The van der Waals surface area contributed by atoms with Gasteiger partial charge in [-0.3, -0.25) is 14.5 Å². The largest absolute Gasteiger partial charge is 0.375 e. The molecule has 31 heavy (non-hydrogen) atoms. The lowest BCUT2D eigenvalue weighted by atomic mass is 9.87. The van der Waals surface area contributed by atoms with Gasteiger partial charge in [0.2, 0.25) is 0 Å². The second-order valence-corrected chi connectivity index (χ2v) is 8.26. The first-order valence-electron chi connectivity index (χ1n) is 10.6. The van der Waals surface area contributed by atoms with Crippen LogP contribution in [0.25, 0.3) is 10.8 Å². The standard InChI is InChI=1S/C25H24N2O4/c28-23(20-9-5-7-18-6-1-2-8-19(18)20)16-25(30)21-10-3-4-11-22(21)27(24(25)29)17-26-12-14-31-15-13-26/h1-11,30H,12-17H2/p+1/t25-/m0/s1. The highest BCUT2D eigenvalue weighted by Crippen LogP contribution is 2.42. The van der Waals surface area contributed by atoms with Crippen molar-refractivity contribution in [3.05, 3.63) is 77.9 Å². The van der Waals surface area contributed by atoms with E-state index >= 15 is 0 Å². The zero-order valence-corrected chi connectivity index (χ0v) is 17.2. The van der Waals surface area contributed by atoms with Crippen molar-refractivity contribution in [3.8, 4) is 0 Å². The Morgan fingerprint density at radius 2 is 1.71 bits per heavy atom. The third kappa shape index (κ3) is 3.43. The van der Waals surface area contributed by atoms with Crippen molar-refractivity contribution in [3.63, 3.8) is 0 Å². The molecule has 3 aromatic carbocycles. The van der Waals surface area contributed by atoms with Gasteiger partial charge in [0.15, 0.2) is 18.1 Å². The Kier molecular flexibility index (Phi) is 5.06. The van der Waals surface area contributed by atoms with Crippen LogP contribution in [0.5, 0.6) is 0 Å². The van der Waals surface area contributed by atoms with Crippen molar-refractivity contribution in [2.75, 3.05) is 37.9 Å². The summed E-state index contributed by atoms with van der Waals surface area (Å²) in [5.74, 6) is -0.677. The molecule has 2 aliphatic heterocycles. The van der Waals surface area contributed by atoms with Crippen LogP contribution in [0.4, 0.5) is 5.69 Å². The summed E-state index contributed by atoms with van der Waals surface area (Å²) in [6.07, 6.45) is -0.286. The normalized spacial score (nSPS) is 21.5. The number of ketones is 1. The van der Waals surface area contributed by atoms with E-state index in [4.69, 9.17) is 4.74 Å². The van der Waals surface area contributed by atoms with E-state index in [0.29, 0.717) is 36.7 Å². The first-order valence-corrected chi connectivity index (χ1v) is 10.6. The number of aliphatic hydroxyl groups is 1. The SMILES string of the molecule is O=C(C[C@@]1(O)C(=O)N(C[NH+]2CCOCC2)c2ccccc21)c1cccc2ccccc12. The number of nitrogens with one attached hydrogen (secondary N) is 1. The van der Waals surface area contributed by atoms with E-state index in [-0.39, 0.29) is 12.2 Å². The highest BCUT2D eigenvalue weighted by molar-refractivity contribution is 6.13. The van der Waals surface area contributed by atoms with Crippen molar-refractivity contribution in [2.24, 2.45) is 0 Å². The smallest absolute Gasteiger partial charge is 0.268 e. The molecule has 158 valence electrons. The number of amides is 1. The molecule has 5 rings (SSSR count). The molecule has 1 saturated heterocycles. The summed E-state index contributed by atoms with van der Waals surface area (Å²) in [5, 5.41) is 13.4. The van der Waals surface area contributed by atoms with Crippen LogP contribution in [0.1, 0.15) is 22.3 Å². The second kappa shape index (κ2) is 7.89. The number of ether oxygens (including phenoxy) is 1. The average Bonchev–Trinajstić information content (AvgIpc) is 3.01. The molecule has 2 heterocycles. The van der Waals surface area contributed by atoms with Crippen LogP contribution in [-0.2, 0) is 15.1 Å². The monoisotopic (exact) mass is 417 g/mol. The van der Waals surface area contributed by atoms with Crippen LogP contribution >= 0.6 is 0 Å². The maximum Gasteiger partial charge on any atom is 0.268 e. The lowest BCUT2D eigenvalue weighted by molar-refractivity contribution is -0.906. The minimum Gasteiger partial charge on any atom is -0.375 e. The number of nitrogens with zero attached hydrogens (tertiary/aromatic N) is 1. The zero-order chi connectivity index (χ0) is 21.4. The van der Waals surface area contributed by atoms with Crippen molar-refractivity contribution in [1.82, 2.24) is 0 Å². The molecule has 0 bridgehead atoms. The van der Waals surface area contributed by atoms with Gasteiger partial charge in [0.25, 0.3) is 5.91 Å². The van der Waals surface area contributed by atoms with Gasteiger partial charge in [-0.1, -0.05) is 60.7 Å². The Bertz CT molecular complexity index is 1150. The van der Waals surface area contributed by atoms with Gasteiger partial charge in [0.05, 0.1) is 25.3 Å². The predicted molar refractivity (Wildman–Crippen MR) is 117 cm³/mol. The molecule has 0 aromatic heterocycles. The Labute approximate surface area is 180 Å². The Balaban J connectivity index is 1.48. The number of anilines is 1. The summed E-state index contributed by atoms with van der Waals surface area (Å²) in [5.41, 5.74) is -0.161. The van der Waals surface area contributed by atoms with Gasteiger partial charge in [-0.25, -0.2) is 0 Å². The fraction of sp³-hybridized carbons (Fsp3) is 0.280. The summed E-state index contributed by atoms with van der Waals surface area (Å²) in [6, 6.07) is 20.4. The molecule has 6 nitrogen and oxygen atoms in total. The van der Waals surface area contributed by atoms with Crippen LogP contribution in [0, 0.1) is 0 Å². The van der Waals surface area contributed by atoms with E-state index in [1.54, 1.807) is 23.1 Å². The van der Waals surface area contributed by atoms with Crippen LogP contribution in [0.3, 0.4) is 0 Å². The molecule has 2 aliphatic rings. The lowest BCUT2D eigenvalue weighted by Crippen LogP contribution is -3.15. The highest BCUT2D eigenvalue weighted by atomic mass is 16.5. The Hall–Kier alpha value is -3.06. The summed E-state index contributed by atoms with van der Waals surface area (Å²) in [6.45, 7) is 3.37. The molecule has 0 radical (unpaired) electrons. The van der Waals surface area contributed by atoms with Gasteiger partial charge in [-0.2, -0.15) is 0 Å². The molecule has 6 heteroatoms. The molecule has 1 amide bonds. The first-order chi connectivity index (χ1) is 15.1. The summed E-state index contributed by atoms with van der Waals surface area (Å²) < 4.78 is 5.42. The molecule has 1 atom stereocenters. The summed E-state index contributed by atoms with van der Waals surface area (Å²) >= 11 is 0. The molecular formula is C25H25N2O4+. The quantitative estimate of drug-likeness (QED) is 0.618. The van der Waals surface area contributed by atoms with Crippen molar-refractivity contribution in [2.45, 2.75) is 12.0 Å². The highest BCUT2D eigenvalue weighted by Gasteiger charge is 2.51. The van der Waals surface area contributed by atoms with Crippen LogP contribution in [0.15, 0.2) is 66.7 Å². The molecule has 0 spiro atoms. The van der Waals surface area contributed by atoms with Crippen molar-refractivity contribution < 1.29 is 24.3 Å². The van der Waals surface area contributed by atoms with Gasteiger partial charge >= 0.3 is 0 Å². The lowest BCUT2D eigenvalue weighted by Gasteiger charge is -2.29. The number of benzene rings is 3. The number of Topliss-reactive ketones (excluding diaryl/α,β-unsaturated/α-hetero) is 1. The number of para-hydroxylation sites is 1. The average molecular weight is 417 g/mol. The number of hydrogen-bond donors (Lipinski definition) is 2. The zero-order valence-electron chi connectivity index (χ0n) is 17.2. The summed E-state index contributed by atoms with van der Waals surface area (Å²) in [7, 11) is 0. The predicted octanol–water partition coefficient (Wildman–Crippen LogP) is 1.52. The van der Waals surface area contributed by atoms with Gasteiger partial charge in [-0.05, 0) is 16.8 Å². The van der Waals surface area contributed by atoms with E-state index in [2.05, 4.69) is 0 Å². The second-order valence-electron chi connectivity index (χ2n) is 8.26. The molecule has 3 aromatic rings. The van der Waals surface area contributed by atoms with E-state index in [1.807, 2.05) is 48.5 Å². The van der Waals surface area contributed by atoms with E-state index in [1.165, 1.54) is 4.90 Å². The Morgan fingerprint density at radius 1 is 1.00 bits per heavy atom. The number of quaternary nitrogens is 1. The Morgan fingerprint density at radius 3 is 2.55 bits per heavy atom. The van der Waals surface area contributed by atoms with Crippen LogP contribution in [0.2, 0.25) is 0 Å². The number of morpholine rings is 1. The first kappa shape index (κ1) is 19.9. The maximum absolute atomic E-state index is 13.5. The van der Waals surface area contributed by atoms with E-state index < -0.39 is 11.5 Å². The number of rotatable bonds is 5. The molecule has 0 unspecified atom stereocenters. The number of fused-ring (bicyclic) bond motifs is 2. The van der Waals surface area contributed by atoms with Crippen LogP contribution < -0.4 is 9.80 Å². The molecule has 0 saturated carbocycles. The molecule has 1 fully saturated rings. The van der Waals surface area contributed by atoms with Gasteiger partial charge in [-0.15, -0.1) is 0 Å². The topological polar surface area (TPSA) is 71.3 Å². The molecule has 0 aliphatic carbocycles. The third-order valence-corrected chi connectivity index (χ3v) is 6.33. The number of carbonyl (C=O) groups is 2.